The fourth-order valence-corrected chi connectivity index (χ4v) is 9.14. The third kappa shape index (κ3) is 19.1. The predicted octanol–water partition coefficient (Wildman–Crippen LogP) is 13.7. The molecule has 1 fully saturated rings. The van der Waals surface area contributed by atoms with Gasteiger partial charge >= 0.3 is 12.1 Å². The molecule has 0 aliphatic carbocycles. The number of nitrogens with two attached hydrogens (primary N) is 1. The van der Waals surface area contributed by atoms with Crippen molar-refractivity contribution in [2.24, 2.45) is 10.7 Å². The lowest BCUT2D eigenvalue weighted by atomic mass is 10.1. The van der Waals surface area contributed by atoms with Crippen LogP contribution in [0, 0.1) is 6.92 Å². The number of allylic oxidation sites excluding steroid dienone is 1. The number of hydrogen-bond acceptors (Lipinski definition) is 16. The van der Waals surface area contributed by atoms with Crippen LogP contribution in [0.5, 0.6) is 0 Å². The summed E-state index contributed by atoms with van der Waals surface area (Å²) in [5.74, 6) is 1.08. The molecule has 79 heavy (non-hydrogen) atoms. The monoisotopic (exact) mass is 1250 g/mol. The first-order valence-electron chi connectivity index (χ1n) is 24.3. The average Bonchev–Trinajstić information content (AvgIpc) is 4.35. The molecule has 1 unspecified atom stereocenters. The van der Waals surface area contributed by atoms with Crippen molar-refractivity contribution in [2.75, 3.05) is 44.5 Å². The molecule has 7 N–H and O–H groups in total. The second-order valence-electron chi connectivity index (χ2n) is 18.3. The second kappa shape index (κ2) is 29.3. The molecule has 11 rings (SSSR count). The molecule has 5 aromatic heterocycles. The summed E-state index contributed by atoms with van der Waals surface area (Å²) in [4.78, 5) is 57.7. The minimum absolute atomic E-state index is 0.0623. The molecular formula is C56H58Br2Cl2N12O6S. The number of benzene rings is 4. The number of carboxylic acids is 1. The van der Waals surface area contributed by atoms with Crippen LogP contribution in [-0.4, -0.2) is 109 Å². The highest BCUT2D eigenvalue weighted by Crippen LogP contribution is 2.29. The Hall–Kier alpha value is -6.95. The number of rotatable bonds is 7. The van der Waals surface area contributed by atoms with Gasteiger partial charge in [0.25, 0.3) is 0 Å². The van der Waals surface area contributed by atoms with Gasteiger partial charge in [0.15, 0.2) is 11.6 Å². The van der Waals surface area contributed by atoms with E-state index >= 15 is 0 Å². The summed E-state index contributed by atoms with van der Waals surface area (Å²) in [7, 11) is 3.75. The zero-order chi connectivity index (χ0) is 57.2. The minimum Gasteiger partial charge on any atom is -0.477 e. The van der Waals surface area contributed by atoms with Crippen molar-refractivity contribution in [3.63, 3.8) is 0 Å². The molecular weight excluding hydrogens is 1200 g/mol. The van der Waals surface area contributed by atoms with Crippen LogP contribution in [-0.2, 0) is 9.47 Å². The summed E-state index contributed by atoms with van der Waals surface area (Å²) in [6.45, 7) is 11.2. The zero-order valence-electron chi connectivity index (χ0n) is 44.1. The van der Waals surface area contributed by atoms with Gasteiger partial charge in [0.2, 0.25) is 5.28 Å². The van der Waals surface area contributed by atoms with Crippen LogP contribution in [0.2, 0.25) is 10.3 Å². The predicted molar refractivity (Wildman–Crippen MR) is 325 cm³/mol. The maximum atomic E-state index is 12.2. The molecule has 0 spiro atoms. The van der Waals surface area contributed by atoms with E-state index in [1.54, 1.807) is 43.7 Å². The molecule has 18 nitrogen and oxygen atoms in total. The van der Waals surface area contributed by atoms with Gasteiger partial charge in [-0.05, 0) is 149 Å². The number of fused-ring (bicyclic) bond motifs is 3. The number of ether oxygens (including phenoxy) is 2. The zero-order valence-corrected chi connectivity index (χ0v) is 49.6. The first kappa shape index (κ1) is 61.3. The molecule has 0 radical (unpaired) electrons. The van der Waals surface area contributed by atoms with Crippen molar-refractivity contribution in [1.29, 1.82) is 0 Å². The quantitative estimate of drug-likeness (QED) is 0.0641. The number of nitrogens with zero attached hydrogens (tertiary/aromatic N) is 7. The maximum absolute atomic E-state index is 12.2. The fourth-order valence-electron chi connectivity index (χ4n) is 7.04. The van der Waals surface area contributed by atoms with Gasteiger partial charge in [0.1, 0.15) is 27.1 Å². The number of carbonyl (C=O) groups excluding carboxylic acids is 2. The highest BCUT2D eigenvalue weighted by Gasteiger charge is 2.20. The van der Waals surface area contributed by atoms with E-state index in [0.717, 1.165) is 84.0 Å². The van der Waals surface area contributed by atoms with Gasteiger partial charge in [-0.1, -0.05) is 73.8 Å². The van der Waals surface area contributed by atoms with Gasteiger partial charge in [-0.2, -0.15) is 9.78 Å². The molecule has 0 saturated carbocycles. The van der Waals surface area contributed by atoms with Gasteiger partial charge in [-0.3, -0.25) is 9.79 Å². The van der Waals surface area contributed by atoms with E-state index in [1.165, 1.54) is 16.0 Å². The smallest absolute Gasteiger partial charge is 0.435 e. The number of halogens is 4. The Morgan fingerprint density at radius 3 is 2.20 bits per heavy atom. The number of aryl methyl sites for hydroxylation is 1. The molecule has 4 aromatic carbocycles. The normalized spacial score (nSPS) is 13.2. The van der Waals surface area contributed by atoms with E-state index in [-0.39, 0.29) is 11.1 Å². The lowest BCUT2D eigenvalue weighted by Crippen LogP contribution is -2.27. The second-order valence-corrected chi connectivity index (χ2v) is 22.0. The number of anilines is 4. The number of hydrogen-bond donors (Lipinski definition) is 6. The Kier molecular flexibility index (Phi) is 22.7. The van der Waals surface area contributed by atoms with Crippen molar-refractivity contribution in [3.05, 3.63) is 163 Å². The summed E-state index contributed by atoms with van der Waals surface area (Å²) in [6.07, 6.45) is 9.30. The van der Waals surface area contributed by atoms with Crippen LogP contribution in [0.25, 0.3) is 37.5 Å². The summed E-state index contributed by atoms with van der Waals surface area (Å²) in [6, 6.07) is 30.8. The first-order valence-corrected chi connectivity index (χ1v) is 27.5. The van der Waals surface area contributed by atoms with Crippen LogP contribution in [0.15, 0.2) is 136 Å². The van der Waals surface area contributed by atoms with E-state index in [1.807, 2.05) is 127 Å². The fraction of sp³-hybridized carbons (Fsp3) is 0.232. The highest BCUT2D eigenvalue weighted by atomic mass is 79.9. The maximum Gasteiger partial charge on any atom is 0.435 e. The molecule has 23 heteroatoms. The number of ketones is 1. The summed E-state index contributed by atoms with van der Waals surface area (Å²) in [5, 5.41) is 25.4. The van der Waals surface area contributed by atoms with E-state index in [2.05, 4.69) is 88.9 Å². The lowest BCUT2D eigenvalue weighted by molar-refractivity contribution is 0.0522. The molecule has 2 aliphatic heterocycles. The molecule has 1 atom stereocenters. The van der Waals surface area contributed by atoms with Crippen LogP contribution < -0.4 is 21.7 Å². The number of H-pyrrole nitrogens is 1. The number of aromatic nitrogens is 7. The summed E-state index contributed by atoms with van der Waals surface area (Å²) in [5.41, 5.74) is 11.2. The average molecular weight is 1260 g/mol. The topological polar surface area (TPSA) is 250 Å². The SMILES string of the molecule is CC(=O)c1cc2ccc(Br)cc2[nH]1.CC(C)(C)OC(=O)n1ncc2cc(Nc3ccnc(Cl)n3)ccc21.CNC.Cc1ncc(Cl)c(Nc2ccc(C3=CCN=C3)cc2)n1.NC1CCOC1.O=C(O)c1cc2ccc(Br)cc2s1. The van der Waals surface area contributed by atoms with Crippen LogP contribution >= 0.6 is 66.4 Å². The van der Waals surface area contributed by atoms with Crippen molar-refractivity contribution in [1.82, 2.24) is 40.0 Å². The number of carbonyl (C=O) groups is 3. The van der Waals surface area contributed by atoms with E-state index in [9.17, 15) is 14.4 Å². The minimum atomic E-state index is -0.864. The van der Waals surface area contributed by atoms with Gasteiger partial charge in [-0.15, -0.1) is 11.3 Å². The van der Waals surface area contributed by atoms with Crippen LogP contribution in [0.3, 0.4) is 0 Å². The van der Waals surface area contributed by atoms with Gasteiger partial charge < -0.3 is 41.2 Å². The van der Waals surface area contributed by atoms with E-state index in [0.29, 0.717) is 44.6 Å². The highest BCUT2D eigenvalue weighted by molar-refractivity contribution is 9.10. The molecule has 7 heterocycles. The largest absolute Gasteiger partial charge is 0.477 e. The molecule has 0 bridgehead atoms. The Labute approximate surface area is 487 Å². The Bertz CT molecular complexity index is 3510. The number of aliphatic imine (C=N–C) groups is 1. The Morgan fingerprint density at radius 1 is 0.873 bits per heavy atom. The molecule has 0 amide bonds. The van der Waals surface area contributed by atoms with Crippen molar-refractivity contribution in [3.8, 4) is 0 Å². The first-order chi connectivity index (χ1) is 37.7. The molecule has 9 aromatic rings. The van der Waals surface area contributed by atoms with E-state index in [4.69, 9.17) is 43.5 Å². The summed E-state index contributed by atoms with van der Waals surface area (Å²) >= 11 is 19.8. The van der Waals surface area contributed by atoms with Crippen molar-refractivity contribution >= 4 is 151 Å². The van der Waals surface area contributed by atoms with Gasteiger partial charge in [0, 0.05) is 73.3 Å². The van der Waals surface area contributed by atoms with Gasteiger partial charge in [0.05, 0.1) is 36.8 Å². The number of nitrogens with one attached hydrogen (secondary N) is 4. The molecule has 1 saturated heterocycles. The molecule has 412 valence electrons. The number of aromatic amines is 1. The third-order valence-electron chi connectivity index (χ3n) is 10.6. The Balaban J connectivity index is 0.000000165. The number of Topliss-reactive ketones (excluding diaryl/α,β-unsaturated/α-hetero) is 1. The third-order valence-corrected chi connectivity index (χ3v) is 13.2. The number of carboxylic acid groups (broad SMARTS) is 1. The van der Waals surface area contributed by atoms with Crippen LogP contribution in [0.4, 0.5) is 27.8 Å². The number of thiophene rings is 1. The van der Waals surface area contributed by atoms with E-state index < -0.39 is 17.7 Å². The molecule has 2 aliphatic rings. The van der Waals surface area contributed by atoms with Crippen molar-refractivity contribution < 1.29 is 29.0 Å². The van der Waals surface area contributed by atoms with Crippen LogP contribution in [0.1, 0.15) is 65.7 Å². The van der Waals surface area contributed by atoms with Gasteiger partial charge in [-0.25, -0.2) is 29.5 Å². The van der Waals surface area contributed by atoms with Crippen molar-refractivity contribution in [2.45, 2.75) is 52.7 Å². The standard InChI is InChI=1S/C16H16ClN5O2.C15H13ClN4.C10H8BrNO.C9H5BrO2S.C4H9NO.C2H7N/c1-16(2,3)24-15(23)22-12-5-4-11(8-10(12)9-19-22)20-13-6-7-18-14(17)21-13;1-10-18-9-14(16)15(19-10)20-13-4-2-11(3-5-13)12-6-7-17-8-12;1-6(13)9-4-7-2-3-8(11)5-10(7)12-9;10-6-2-1-5-3-8(9(11)12)13-7(5)4-6;5-4-1-2-6-3-4;1-3-2/h4-9H,1-3H3,(H,18,20,21);2-6,8-9H,7H2,1H3,(H,18,19,20);2-5,12H,1H3;1-4H,(H,11,12);4H,1-3,5H2;3H,1-2H3. The summed E-state index contributed by atoms with van der Waals surface area (Å²) < 4.78 is 14.5. The number of aromatic carboxylic acids is 1. The lowest BCUT2D eigenvalue weighted by Gasteiger charge is -2.19. The Morgan fingerprint density at radius 2 is 1.58 bits per heavy atom.